The molecule has 0 aliphatic carbocycles. The lowest BCUT2D eigenvalue weighted by Crippen LogP contribution is -2.49. The fraction of sp³-hybridized carbons (Fsp3) is 0.545. The SMILES string of the molecule is CC(NS(=O)(=O)CC/C=C/CN1CCC(=O)NC1=O)c1ccc(F)c(OCC(C)(C)C)c1. The van der Waals surface area contributed by atoms with E-state index in [1.165, 1.54) is 23.1 Å². The molecule has 8 nitrogen and oxygen atoms in total. The molecule has 10 heteroatoms. The zero-order valence-electron chi connectivity index (χ0n) is 19.0. The van der Waals surface area contributed by atoms with E-state index in [9.17, 15) is 22.4 Å². The van der Waals surface area contributed by atoms with Crippen molar-refractivity contribution in [3.8, 4) is 5.75 Å². The molecule has 1 aromatic carbocycles. The maximum Gasteiger partial charge on any atom is 0.324 e. The molecule has 1 fully saturated rings. The fourth-order valence-electron chi connectivity index (χ4n) is 2.91. The van der Waals surface area contributed by atoms with E-state index in [0.29, 0.717) is 25.3 Å². The summed E-state index contributed by atoms with van der Waals surface area (Å²) < 4.78 is 47.0. The molecular formula is C22H32FN3O5S. The van der Waals surface area contributed by atoms with E-state index in [-0.39, 0.29) is 35.7 Å². The summed E-state index contributed by atoms with van der Waals surface area (Å²) in [5.74, 6) is -0.831. The molecule has 0 bridgehead atoms. The lowest BCUT2D eigenvalue weighted by molar-refractivity contribution is -0.121. The number of sulfonamides is 1. The second-order valence-electron chi connectivity index (χ2n) is 9.01. The average molecular weight is 470 g/mol. The number of imide groups is 1. The molecule has 3 amide bonds. The first-order valence-corrected chi connectivity index (χ1v) is 12.2. The van der Waals surface area contributed by atoms with E-state index in [0.717, 1.165) is 0 Å². The number of urea groups is 1. The number of nitrogens with zero attached hydrogens (tertiary/aromatic N) is 1. The highest BCUT2D eigenvalue weighted by atomic mass is 32.2. The van der Waals surface area contributed by atoms with Crippen molar-refractivity contribution in [2.45, 2.75) is 46.6 Å². The molecule has 1 aliphatic rings. The number of amides is 3. The molecule has 1 heterocycles. The third-order valence-corrected chi connectivity index (χ3v) is 6.15. The second-order valence-corrected chi connectivity index (χ2v) is 10.9. The van der Waals surface area contributed by atoms with E-state index < -0.39 is 27.9 Å². The molecule has 1 aromatic rings. The number of rotatable bonds is 10. The summed E-state index contributed by atoms with van der Waals surface area (Å²) in [6.07, 6.45) is 3.90. The van der Waals surface area contributed by atoms with Crippen LogP contribution in [-0.4, -0.2) is 50.7 Å². The van der Waals surface area contributed by atoms with Gasteiger partial charge in [0, 0.05) is 25.6 Å². The lowest BCUT2D eigenvalue weighted by atomic mass is 9.98. The maximum atomic E-state index is 14.0. The molecule has 0 radical (unpaired) electrons. The maximum absolute atomic E-state index is 14.0. The Labute approximate surface area is 189 Å². The molecule has 1 aliphatic heterocycles. The van der Waals surface area contributed by atoms with Crippen LogP contribution in [0, 0.1) is 11.2 Å². The minimum atomic E-state index is -3.58. The Hall–Kier alpha value is -2.46. The van der Waals surface area contributed by atoms with Crippen LogP contribution < -0.4 is 14.8 Å². The number of hydrogen-bond acceptors (Lipinski definition) is 5. The summed E-state index contributed by atoms with van der Waals surface area (Å²) in [4.78, 5) is 24.2. The largest absolute Gasteiger partial charge is 0.490 e. The predicted molar refractivity (Wildman–Crippen MR) is 120 cm³/mol. The predicted octanol–water partition coefficient (Wildman–Crippen LogP) is 3.12. The lowest BCUT2D eigenvalue weighted by Gasteiger charge is -2.25. The number of carbonyl (C=O) groups is 2. The minimum absolute atomic E-state index is 0.0925. The summed E-state index contributed by atoms with van der Waals surface area (Å²) >= 11 is 0. The number of hydrogen-bond donors (Lipinski definition) is 2. The summed E-state index contributed by atoms with van der Waals surface area (Å²) in [7, 11) is -3.58. The smallest absolute Gasteiger partial charge is 0.324 e. The highest BCUT2D eigenvalue weighted by Crippen LogP contribution is 2.25. The van der Waals surface area contributed by atoms with Crippen LogP contribution in [-0.2, 0) is 14.8 Å². The van der Waals surface area contributed by atoms with E-state index in [2.05, 4.69) is 10.0 Å². The van der Waals surface area contributed by atoms with Gasteiger partial charge in [-0.2, -0.15) is 0 Å². The Morgan fingerprint density at radius 1 is 1.28 bits per heavy atom. The Morgan fingerprint density at radius 3 is 2.66 bits per heavy atom. The van der Waals surface area contributed by atoms with Crippen molar-refractivity contribution in [3.05, 3.63) is 41.7 Å². The molecule has 32 heavy (non-hydrogen) atoms. The number of carbonyl (C=O) groups excluding carboxylic acids is 2. The Bertz CT molecular complexity index is 957. The molecule has 1 atom stereocenters. The zero-order valence-corrected chi connectivity index (χ0v) is 19.8. The van der Waals surface area contributed by atoms with Crippen molar-refractivity contribution in [2.24, 2.45) is 5.41 Å². The monoisotopic (exact) mass is 469 g/mol. The summed E-state index contributed by atoms with van der Waals surface area (Å²) in [5.41, 5.74) is 0.457. The number of nitrogens with one attached hydrogen (secondary N) is 2. The van der Waals surface area contributed by atoms with Gasteiger partial charge in [-0.25, -0.2) is 22.3 Å². The van der Waals surface area contributed by atoms with Crippen LogP contribution >= 0.6 is 0 Å². The third kappa shape index (κ3) is 8.58. The fourth-order valence-corrected chi connectivity index (χ4v) is 4.15. The van der Waals surface area contributed by atoms with Gasteiger partial charge in [0.05, 0.1) is 12.4 Å². The second kappa shape index (κ2) is 10.9. The van der Waals surface area contributed by atoms with Gasteiger partial charge in [-0.15, -0.1) is 0 Å². The molecule has 1 saturated heterocycles. The van der Waals surface area contributed by atoms with Gasteiger partial charge in [-0.3, -0.25) is 10.1 Å². The van der Waals surface area contributed by atoms with Crippen LogP contribution in [0.1, 0.15) is 52.1 Å². The van der Waals surface area contributed by atoms with Crippen molar-refractivity contribution < 1.29 is 27.1 Å². The van der Waals surface area contributed by atoms with E-state index in [1.54, 1.807) is 19.1 Å². The topological polar surface area (TPSA) is 105 Å². The minimum Gasteiger partial charge on any atom is -0.490 e. The highest BCUT2D eigenvalue weighted by Gasteiger charge is 2.21. The molecule has 1 unspecified atom stereocenters. The van der Waals surface area contributed by atoms with Gasteiger partial charge in [0.15, 0.2) is 11.6 Å². The van der Waals surface area contributed by atoms with Gasteiger partial charge in [0.1, 0.15) is 0 Å². The number of ether oxygens (including phenoxy) is 1. The quantitative estimate of drug-likeness (QED) is 0.513. The summed E-state index contributed by atoms with van der Waals surface area (Å²) in [5, 5.41) is 2.23. The van der Waals surface area contributed by atoms with Gasteiger partial charge >= 0.3 is 6.03 Å². The van der Waals surface area contributed by atoms with Crippen LogP contribution in [0.3, 0.4) is 0 Å². The van der Waals surface area contributed by atoms with Crippen LogP contribution in [0.5, 0.6) is 5.75 Å². The van der Waals surface area contributed by atoms with Crippen molar-refractivity contribution in [1.82, 2.24) is 14.9 Å². The first-order chi connectivity index (χ1) is 14.9. The van der Waals surface area contributed by atoms with E-state index in [1.807, 2.05) is 20.8 Å². The highest BCUT2D eigenvalue weighted by molar-refractivity contribution is 7.89. The van der Waals surface area contributed by atoms with Crippen molar-refractivity contribution in [2.75, 3.05) is 25.4 Å². The van der Waals surface area contributed by atoms with Crippen LogP contribution in [0.15, 0.2) is 30.4 Å². The number of halogens is 1. The van der Waals surface area contributed by atoms with Gasteiger partial charge in [-0.05, 0) is 36.5 Å². The Morgan fingerprint density at radius 2 is 2.00 bits per heavy atom. The number of allylic oxidation sites excluding steroid dienone is 1. The van der Waals surface area contributed by atoms with Crippen LogP contribution in [0.4, 0.5) is 9.18 Å². The molecule has 0 spiro atoms. The zero-order chi connectivity index (χ0) is 23.9. The van der Waals surface area contributed by atoms with E-state index >= 15 is 0 Å². The van der Waals surface area contributed by atoms with Crippen molar-refractivity contribution in [1.29, 1.82) is 0 Å². The molecule has 178 valence electrons. The molecule has 2 N–H and O–H groups in total. The van der Waals surface area contributed by atoms with Gasteiger partial charge in [0.25, 0.3) is 0 Å². The van der Waals surface area contributed by atoms with E-state index in [4.69, 9.17) is 4.74 Å². The summed E-state index contributed by atoms with van der Waals surface area (Å²) in [6.45, 7) is 8.58. The normalized spacial score (nSPS) is 16.3. The third-order valence-electron chi connectivity index (χ3n) is 4.66. The molecule has 0 aromatic heterocycles. The van der Waals surface area contributed by atoms with Gasteiger partial charge < -0.3 is 9.64 Å². The van der Waals surface area contributed by atoms with Crippen LogP contribution in [0.25, 0.3) is 0 Å². The number of benzene rings is 1. The van der Waals surface area contributed by atoms with Crippen molar-refractivity contribution >= 4 is 22.0 Å². The molecule has 0 saturated carbocycles. The van der Waals surface area contributed by atoms with Gasteiger partial charge in [0.2, 0.25) is 15.9 Å². The Kier molecular flexibility index (Phi) is 8.80. The average Bonchev–Trinajstić information content (AvgIpc) is 2.67. The van der Waals surface area contributed by atoms with Crippen LogP contribution in [0.2, 0.25) is 0 Å². The first-order valence-electron chi connectivity index (χ1n) is 10.5. The van der Waals surface area contributed by atoms with Crippen molar-refractivity contribution in [3.63, 3.8) is 0 Å². The van der Waals surface area contributed by atoms with Gasteiger partial charge in [-0.1, -0.05) is 39.0 Å². The Balaban J connectivity index is 1.86. The molecule has 2 rings (SSSR count). The first kappa shape index (κ1) is 25.8. The molecular weight excluding hydrogens is 437 g/mol. The summed E-state index contributed by atoms with van der Waals surface area (Å²) in [6, 6.07) is 3.31. The standard InChI is InChI=1S/C22H32FN3O5S/c1-16(17-8-9-18(23)19(14-17)31-15-22(2,3)4)25-32(29,30)13-7-5-6-11-26-12-10-20(27)24-21(26)28/h5-6,8-9,14,16,25H,7,10-13,15H2,1-4H3,(H,24,27,28)/b6-5+.